The SMILES string of the molecule is Cc1ccc(C(C)(C)C2CCC(C)C(C)C2)cc1C. The van der Waals surface area contributed by atoms with Crippen molar-refractivity contribution in [2.75, 3.05) is 0 Å². The minimum Gasteiger partial charge on any atom is -0.0623 e. The van der Waals surface area contributed by atoms with Crippen LogP contribution in [0.5, 0.6) is 0 Å². The molecule has 19 heavy (non-hydrogen) atoms. The maximum Gasteiger partial charge on any atom is -0.00751 e. The van der Waals surface area contributed by atoms with Crippen molar-refractivity contribution in [3.05, 3.63) is 34.9 Å². The van der Waals surface area contributed by atoms with Crippen molar-refractivity contribution in [3.8, 4) is 0 Å². The Hall–Kier alpha value is -0.780. The van der Waals surface area contributed by atoms with Crippen molar-refractivity contribution in [2.45, 2.75) is 66.2 Å². The summed E-state index contributed by atoms with van der Waals surface area (Å²) in [5.41, 5.74) is 4.68. The summed E-state index contributed by atoms with van der Waals surface area (Å²) in [5.74, 6) is 2.62. The summed E-state index contributed by atoms with van der Waals surface area (Å²) in [4.78, 5) is 0. The maximum absolute atomic E-state index is 2.45. The maximum atomic E-state index is 2.45. The van der Waals surface area contributed by atoms with Crippen LogP contribution < -0.4 is 0 Å². The van der Waals surface area contributed by atoms with Crippen LogP contribution in [0, 0.1) is 31.6 Å². The van der Waals surface area contributed by atoms with Crippen LogP contribution in [0.2, 0.25) is 0 Å². The Morgan fingerprint density at radius 1 is 0.947 bits per heavy atom. The fourth-order valence-electron chi connectivity index (χ4n) is 3.58. The molecule has 0 heteroatoms. The van der Waals surface area contributed by atoms with Gasteiger partial charge in [0.2, 0.25) is 0 Å². The number of hydrogen-bond donors (Lipinski definition) is 0. The summed E-state index contributed by atoms with van der Waals surface area (Å²) in [6, 6.07) is 7.06. The lowest BCUT2D eigenvalue weighted by atomic mass is 9.63. The molecule has 1 saturated carbocycles. The highest BCUT2D eigenvalue weighted by molar-refractivity contribution is 5.34. The van der Waals surface area contributed by atoms with Crippen LogP contribution in [0.3, 0.4) is 0 Å². The molecule has 1 aliphatic rings. The zero-order valence-corrected chi connectivity index (χ0v) is 13.6. The van der Waals surface area contributed by atoms with Crippen molar-refractivity contribution in [1.82, 2.24) is 0 Å². The smallest absolute Gasteiger partial charge is 0.00751 e. The Kier molecular flexibility index (Phi) is 4.08. The summed E-state index contributed by atoms with van der Waals surface area (Å²) in [6.07, 6.45) is 4.19. The molecule has 0 radical (unpaired) electrons. The Bertz CT molecular complexity index is 441. The lowest BCUT2D eigenvalue weighted by Crippen LogP contribution is -2.34. The molecule has 0 aliphatic heterocycles. The highest BCUT2D eigenvalue weighted by Gasteiger charge is 2.36. The van der Waals surface area contributed by atoms with Crippen molar-refractivity contribution < 1.29 is 0 Å². The highest BCUT2D eigenvalue weighted by atomic mass is 14.4. The van der Waals surface area contributed by atoms with Crippen LogP contribution >= 0.6 is 0 Å². The first kappa shape index (κ1) is 14.6. The van der Waals surface area contributed by atoms with Crippen LogP contribution in [-0.4, -0.2) is 0 Å². The standard InChI is InChI=1S/C19H30/c1-13-7-9-17(11-15(13)3)19(5,6)18-10-8-14(2)16(4)12-18/h7,9,11,14,16,18H,8,10,12H2,1-6H3. The molecule has 3 atom stereocenters. The van der Waals surface area contributed by atoms with Crippen LogP contribution in [0.25, 0.3) is 0 Å². The first-order valence-electron chi connectivity index (χ1n) is 7.90. The van der Waals surface area contributed by atoms with Crippen LogP contribution in [0.4, 0.5) is 0 Å². The highest BCUT2D eigenvalue weighted by Crippen LogP contribution is 2.44. The van der Waals surface area contributed by atoms with E-state index in [0.717, 1.165) is 17.8 Å². The van der Waals surface area contributed by atoms with E-state index < -0.39 is 0 Å². The summed E-state index contributed by atoms with van der Waals surface area (Å²) in [6.45, 7) is 14.2. The molecule has 2 rings (SSSR count). The van der Waals surface area contributed by atoms with Crippen molar-refractivity contribution in [3.63, 3.8) is 0 Å². The number of rotatable bonds is 2. The average Bonchev–Trinajstić information content (AvgIpc) is 2.35. The predicted octanol–water partition coefficient (Wildman–Crippen LogP) is 5.65. The van der Waals surface area contributed by atoms with Gasteiger partial charge in [-0.2, -0.15) is 0 Å². The lowest BCUT2D eigenvalue weighted by molar-refractivity contribution is 0.148. The molecule has 0 aromatic heterocycles. The fraction of sp³-hybridized carbons (Fsp3) is 0.684. The Morgan fingerprint density at radius 3 is 2.21 bits per heavy atom. The lowest BCUT2D eigenvalue weighted by Gasteiger charge is -2.42. The minimum absolute atomic E-state index is 0.312. The van der Waals surface area contributed by atoms with Gasteiger partial charge in [0.05, 0.1) is 0 Å². The van der Waals surface area contributed by atoms with Crippen molar-refractivity contribution >= 4 is 0 Å². The molecule has 1 fully saturated rings. The third kappa shape index (κ3) is 2.88. The predicted molar refractivity (Wildman–Crippen MR) is 84.6 cm³/mol. The molecular formula is C19H30. The third-order valence-corrected chi connectivity index (χ3v) is 5.87. The summed E-state index contributed by atoms with van der Waals surface area (Å²) in [7, 11) is 0. The minimum atomic E-state index is 0.312. The summed E-state index contributed by atoms with van der Waals surface area (Å²) >= 11 is 0. The molecule has 1 aliphatic carbocycles. The van der Waals surface area contributed by atoms with E-state index in [9.17, 15) is 0 Å². The molecule has 0 nitrogen and oxygen atoms in total. The normalized spacial score (nSPS) is 28.4. The van der Waals surface area contributed by atoms with Gasteiger partial charge in [-0.15, -0.1) is 0 Å². The Labute approximate surface area is 119 Å². The quantitative estimate of drug-likeness (QED) is 0.642. The molecule has 1 aromatic carbocycles. The molecule has 0 spiro atoms. The van der Waals surface area contributed by atoms with E-state index in [1.54, 1.807) is 0 Å². The summed E-state index contributed by atoms with van der Waals surface area (Å²) < 4.78 is 0. The topological polar surface area (TPSA) is 0 Å². The van der Waals surface area contributed by atoms with Gasteiger partial charge in [0.25, 0.3) is 0 Å². The van der Waals surface area contributed by atoms with E-state index in [1.165, 1.54) is 36.0 Å². The average molecular weight is 258 g/mol. The summed E-state index contributed by atoms with van der Waals surface area (Å²) in [5, 5.41) is 0. The molecular weight excluding hydrogens is 228 g/mol. The Balaban J connectivity index is 2.23. The van der Waals surface area contributed by atoms with Crippen LogP contribution in [0.15, 0.2) is 18.2 Å². The number of benzene rings is 1. The van der Waals surface area contributed by atoms with Crippen LogP contribution in [0.1, 0.15) is 63.6 Å². The van der Waals surface area contributed by atoms with Gasteiger partial charge in [-0.3, -0.25) is 0 Å². The van der Waals surface area contributed by atoms with Gasteiger partial charge in [-0.25, -0.2) is 0 Å². The van der Waals surface area contributed by atoms with E-state index in [4.69, 9.17) is 0 Å². The van der Waals surface area contributed by atoms with E-state index >= 15 is 0 Å². The van der Waals surface area contributed by atoms with E-state index in [1.807, 2.05) is 0 Å². The first-order valence-corrected chi connectivity index (χ1v) is 7.90. The second-order valence-corrected chi connectivity index (χ2v) is 7.49. The van der Waals surface area contributed by atoms with Gasteiger partial charge in [-0.05, 0) is 66.5 Å². The van der Waals surface area contributed by atoms with Gasteiger partial charge < -0.3 is 0 Å². The van der Waals surface area contributed by atoms with E-state index in [2.05, 4.69) is 59.7 Å². The zero-order chi connectivity index (χ0) is 14.2. The van der Waals surface area contributed by atoms with E-state index in [-0.39, 0.29) is 0 Å². The van der Waals surface area contributed by atoms with Gasteiger partial charge in [0.15, 0.2) is 0 Å². The van der Waals surface area contributed by atoms with Gasteiger partial charge in [-0.1, -0.05) is 52.3 Å². The largest absolute Gasteiger partial charge is 0.0623 e. The number of hydrogen-bond acceptors (Lipinski definition) is 0. The Morgan fingerprint density at radius 2 is 1.63 bits per heavy atom. The number of aryl methyl sites for hydroxylation is 2. The molecule has 106 valence electrons. The third-order valence-electron chi connectivity index (χ3n) is 5.87. The molecule has 0 heterocycles. The zero-order valence-electron chi connectivity index (χ0n) is 13.6. The second kappa shape index (κ2) is 5.31. The van der Waals surface area contributed by atoms with Gasteiger partial charge in [0.1, 0.15) is 0 Å². The molecule has 1 aromatic rings. The van der Waals surface area contributed by atoms with Crippen LogP contribution in [-0.2, 0) is 5.41 Å². The monoisotopic (exact) mass is 258 g/mol. The second-order valence-electron chi connectivity index (χ2n) is 7.49. The van der Waals surface area contributed by atoms with Crippen molar-refractivity contribution in [1.29, 1.82) is 0 Å². The molecule has 3 unspecified atom stereocenters. The fourth-order valence-corrected chi connectivity index (χ4v) is 3.58. The van der Waals surface area contributed by atoms with Gasteiger partial charge in [0, 0.05) is 0 Å². The van der Waals surface area contributed by atoms with Crippen molar-refractivity contribution in [2.24, 2.45) is 17.8 Å². The molecule has 0 bridgehead atoms. The van der Waals surface area contributed by atoms with E-state index in [0.29, 0.717) is 5.41 Å². The molecule has 0 saturated heterocycles. The van der Waals surface area contributed by atoms with Gasteiger partial charge >= 0.3 is 0 Å². The molecule has 0 amide bonds. The first-order chi connectivity index (χ1) is 8.82. The molecule has 0 N–H and O–H groups in total.